The maximum absolute atomic E-state index is 12.6. The van der Waals surface area contributed by atoms with Crippen molar-refractivity contribution in [1.82, 2.24) is 19.0 Å². The Bertz CT molecular complexity index is 973. The lowest BCUT2D eigenvalue weighted by atomic mass is 9.91. The van der Waals surface area contributed by atoms with E-state index in [9.17, 15) is 14.4 Å². The molecule has 1 atom stereocenters. The van der Waals surface area contributed by atoms with Gasteiger partial charge in [0.05, 0.1) is 17.3 Å². The molecule has 2 aromatic rings. The monoisotopic (exact) mass is 345 g/mol. The van der Waals surface area contributed by atoms with E-state index < -0.39 is 11.2 Å². The molecule has 1 fully saturated rings. The summed E-state index contributed by atoms with van der Waals surface area (Å²) in [5, 5.41) is 3.10. The number of nitrogens with one attached hydrogen (secondary N) is 1. The minimum atomic E-state index is -0.435. The van der Waals surface area contributed by atoms with Crippen LogP contribution in [-0.2, 0) is 14.1 Å². The average molecular weight is 345 g/mol. The summed E-state index contributed by atoms with van der Waals surface area (Å²) in [6.07, 6.45) is 2.41. The Morgan fingerprint density at radius 1 is 1.28 bits per heavy atom. The van der Waals surface area contributed by atoms with Gasteiger partial charge in [-0.1, -0.05) is 13.8 Å². The number of carbonyl (C=O) groups excluding carboxylic acids is 1. The van der Waals surface area contributed by atoms with Crippen LogP contribution < -0.4 is 16.6 Å². The lowest BCUT2D eigenvalue weighted by molar-refractivity contribution is 0.206. The number of amides is 2. The summed E-state index contributed by atoms with van der Waals surface area (Å²) in [5.41, 5.74) is -0.0497. The molecule has 0 aliphatic carbocycles. The molecule has 0 aromatic carbocycles. The number of aryl methyl sites for hydroxylation is 1. The van der Waals surface area contributed by atoms with Crippen LogP contribution in [0.1, 0.15) is 27.2 Å². The van der Waals surface area contributed by atoms with Gasteiger partial charge in [-0.3, -0.25) is 13.9 Å². The lowest BCUT2D eigenvalue weighted by Gasteiger charge is -2.23. The predicted octanol–water partition coefficient (Wildman–Crippen LogP) is 1.28. The second kappa shape index (κ2) is 5.72. The molecule has 0 spiro atoms. The van der Waals surface area contributed by atoms with Gasteiger partial charge in [0.15, 0.2) is 0 Å². The Kier molecular flexibility index (Phi) is 3.93. The van der Waals surface area contributed by atoms with Crippen LogP contribution in [0.5, 0.6) is 0 Å². The van der Waals surface area contributed by atoms with Gasteiger partial charge in [-0.05, 0) is 24.8 Å². The predicted molar refractivity (Wildman–Crippen MR) is 95.8 cm³/mol. The smallest absolute Gasteiger partial charge is 0.321 e. The van der Waals surface area contributed by atoms with Gasteiger partial charge in [0, 0.05) is 26.7 Å². The van der Waals surface area contributed by atoms with E-state index in [1.807, 2.05) is 6.92 Å². The molecule has 0 radical (unpaired) electrons. The number of rotatable bonds is 1. The van der Waals surface area contributed by atoms with Crippen LogP contribution in [0.2, 0.25) is 0 Å². The molecule has 1 unspecified atom stereocenters. The number of likely N-dealkylation sites (tertiary alicyclic amines) is 1. The zero-order valence-electron chi connectivity index (χ0n) is 15.2. The van der Waals surface area contributed by atoms with Crippen LogP contribution in [0, 0.1) is 5.41 Å². The first kappa shape index (κ1) is 17.2. The van der Waals surface area contributed by atoms with Crippen molar-refractivity contribution in [2.45, 2.75) is 33.2 Å². The van der Waals surface area contributed by atoms with Crippen molar-refractivity contribution < 1.29 is 4.79 Å². The molecular formula is C17H23N5O3. The fourth-order valence-corrected chi connectivity index (χ4v) is 3.59. The molecule has 1 aliphatic rings. The number of carbonyl (C=O) groups is 1. The van der Waals surface area contributed by atoms with Gasteiger partial charge in [-0.2, -0.15) is 0 Å². The number of nitrogens with zero attached hydrogens (tertiary/aromatic N) is 4. The first-order chi connectivity index (χ1) is 11.6. The summed E-state index contributed by atoms with van der Waals surface area (Å²) in [5.74, 6) is 0. The van der Waals surface area contributed by atoms with Gasteiger partial charge in [-0.25, -0.2) is 14.6 Å². The Labute approximate surface area is 145 Å². The first-order valence-electron chi connectivity index (χ1n) is 8.24. The standard InChI is InChI=1S/C17H23N5O3/c1-10-7-17(2,3)9-22(10)15(24)19-11-6-12-13(18-8-11)20(4)16(25)21(5)14(12)23/h6,8,10H,7,9H2,1-5H3,(H,19,24). The summed E-state index contributed by atoms with van der Waals surface area (Å²) < 4.78 is 2.34. The minimum absolute atomic E-state index is 0.0899. The third kappa shape index (κ3) is 2.92. The van der Waals surface area contributed by atoms with E-state index in [0.717, 1.165) is 11.0 Å². The van der Waals surface area contributed by atoms with Crippen LogP contribution in [-0.4, -0.2) is 37.6 Å². The van der Waals surface area contributed by atoms with Gasteiger partial charge in [-0.15, -0.1) is 0 Å². The fraction of sp³-hybridized carbons (Fsp3) is 0.529. The van der Waals surface area contributed by atoms with Crippen LogP contribution in [0.15, 0.2) is 21.9 Å². The summed E-state index contributed by atoms with van der Waals surface area (Å²) in [7, 11) is 2.98. The summed E-state index contributed by atoms with van der Waals surface area (Å²) in [6, 6.07) is 1.51. The summed E-state index contributed by atoms with van der Waals surface area (Å²) in [6.45, 7) is 6.98. The maximum Gasteiger partial charge on any atom is 0.332 e. The van der Waals surface area contributed by atoms with Crippen molar-refractivity contribution in [3.8, 4) is 0 Å². The zero-order chi connectivity index (χ0) is 18.5. The molecule has 0 saturated carbocycles. The summed E-state index contributed by atoms with van der Waals surface area (Å²) in [4.78, 5) is 42.8. The second-order valence-electron chi connectivity index (χ2n) is 7.58. The number of pyridine rings is 1. The highest BCUT2D eigenvalue weighted by Gasteiger charge is 2.37. The normalized spacial score (nSPS) is 19.4. The summed E-state index contributed by atoms with van der Waals surface area (Å²) >= 11 is 0. The molecule has 3 rings (SSSR count). The highest BCUT2D eigenvalue weighted by molar-refractivity contribution is 5.91. The number of fused-ring (bicyclic) bond motifs is 1. The Balaban J connectivity index is 1.94. The third-order valence-corrected chi connectivity index (χ3v) is 4.78. The number of aromatic nitrogens is 3. The Morgan fingerprint density at radius 3 is 2.56 bits per heavy atom. The van der Waals surface area contributed by atoms with E-state index in [2.05, 4.69) is 24.1 Å². The molecule has 2 aromatic heterocycles. The fourth-order valence-electron chi connectivity index (χ4n) is 3.59. The van der Waals surface area contributed by atoms with Crippen LogP contribution in [0.25, 0.3) is 11.0 Å². The topological polar surface area (TPSA) is 89.2 Å². The highest BCUT2D eigenvalue weighted by Crippen LogP contribution is 2.33. The minimum Gasteiger partial charge on any atom is -0.321 e. The SMILES string of the molecule is CC1CC(C)(C)CN1C(=O)Nc1cnc2c(c1)c(=O)n(C)c(=O)n2C. The molecule has 1 N–H and O–H groups in total. The van der Waals surface area contributed by atoms with E-state index in [4.69, 9.17) is 0 Å². The second-order valence-corrected chi connectivity index (χ2v) is 7.58. The zero-order valence-corrected chi connectivity index (χ0v) is 15.2. The number of urea groups is 1. The van der Waals surface area contributed by atoms with E-state index >= 15 is 0 Å². The molecule has 134 valence electrons. The Hall–Kier alpha value is -2.64. The van der Waals surface area contributed by atoms with Crippen molar-refractivity contribution in [3.63, 3.8) is 0 Å². The van der Waals surface area contributed by atoms with Gasteiger partial charge in [0.25, 0.3) is 5.56 Å². The molecular weight excluding hydrogens is 322 g/mol. The molecule has 8 nitrogen and oxygen atoms in total. The van der Waals surface area contributed by atoms with E-state index in [-0.39, 0.29) is 22.9 Å². The molecule has 1 saturated heterocycles. The van der Waals surface area contributed by atoms with Crippen molar-refractivity contribution in [2.24, 2.45) is 19.5 Å². The first-order valence-corrected chi connectivity index (χ1v) is 8.24. The molecule has 25 heavy (non-hydrogen) atoms. The highest BCUT2D eigenvalue weighted by atomic mass is 16.2. The molecule has 0 bridgehead atoms. The maximum atomic E-state index is 12.6. The number of anilines is 1. The van der Waals surface area contributed by atoms with Crippen LogP contribution in [0.4, 0.5) is 10.5 Å². The lowest BCUT2D eigenvalue weighted by Crippen LogP contribution is -2.38. The molecule has 3 heterocycles. The Morgan fingerprint density at radius 2 is 1.96 bits per heavy atom. The number of hydrogen-bond acceptors (Lipinski definition) is 4. The molecule has 8 heteroatoms. The van der Waals surface area contributed by atoms with Crippen molar-refractivity contribution in [2.75, 3.05) is 11.9 Å². The largest absolute Gasteiger partial charge is 0.332 e. The quantitative estimate of drug-likeness (QED) is 0.843. The van der Waals surface area contributed by atoms with Crippen LogP contribution in [0.3, 0.4) is 0 Å². The van der Waals surface area contributed by atoms with Gasteiger partial charge in [0.1, 0.15) is 5.65 Å². The van der Waals surface area contributed by atoms with Gasteiger partial charge < -0.3 is 10.2 Å². The van der Waals surface area contributed by atoms with E-state index in [1.54, 1.807) is 18.0 Å². The van der Waals surface area contributed by atoms with Gasteiger partial charge >= 0.3 is 11.7 Å². The average Bonchev–Trinajstić information content (AvgIpc) is 2.83. The molecule has 1 aliphatic heterocycles. The molecule has 2 amide bonds. The van der Waals surface area contributed by atoms with Crippen LogP contribution >= 0.6 is 0 Å². The van der Waals surface area contributed by atoms with Crippen molar-refractivity contribution in [1.29, 1.82) is 0 Å². The van der Waals surface area contributed by atoms with E-state index in [0.29, 0.717) is 17.9 Å². The van der Waals surface area contributed by atoms with Crippen molar-refractivity contribution in [3.05, 3.63) is 33.1 Å². The van der Waals surface area contributed by atoms with Crippen molar-refractivity contribution >= 4 is 22.8 Å². The third-order valence-electron chi connectivity index (χ3n) is 4.78. The van der Waals surface area contributed by atoms with E-state index in [1.165, 1.54) is 17.8 Å². The number of hydrogen-bond donors (Lipinski definition) is 1. The van der Waals surface area contributed by atoms with Gasteiger partial charge in [0.2, 0.25) is 0 Å².